The molecule has 0 aliphatic carbocycles. The van der Waals surface area contributed by atoms with Gasteiger partial charge in [0.2, 0.25) is 0 Å². The van der Waals surface area contributed by atoms with E-state index in [1.165, 1.54) is 6.42 Å². The molecular weight excluding hydrogens is 290 g/mol. The maximum Gasteiger partial charge on any atom is 0.254 e. The second-order valence-electron chi connectivity index (χ2n) is 5.31. The summed E-state index contributed by atoms with van der Waals surface area (Å²) >= 11 is 3.40. The Morgan fingerprint density at radius 3 is 2.56 bits per heavy atom. The van der Waals surface area contributed by atoms with Crippen LogP contribution in [0.5, 0.6) is 0 Å². The van der Waals surface area contributed by atoms with E-state index in [2.05, 4.69) is 34.7 Å². The molecular formula is C15H20BrNO. The number of halogens is 1. The van der Waals surface area contributed by atoms with Crippen LogP contribution in [0.15, 0.2) is 28.7 Å². The minimum atomic E-state index is 0.181. The first-order valence-corrected chi connectivity index (χ1v) is 7.45. The Hall–Kier alpha value is -0.830. The van der Waals surface area contributed by atoms with Gasteiger partial charge >= 0.3 is 0 Å². The highest BCUT2D eigenvalue weighted by molar-refractivity contribution is 9.10. The second-order valence-corrected chi connectivity index (χ2v) is 6.23. The Morgan fingerprint density at radius 2 is 1.94 bits per heavy atom. The number of carbonyl (C=O) groups is 1. The molecule has 0 radical (unpaired) electrons. The Balaban J connectivity index is 2.18. The van der Waals surface area contributed by atoms with Crippen LogP contribution < -0.4 is 0 Å². The maximum absolute atomic E-state index is 12.5. The van der Waals surface area contributed by atoms with Crippen LogP contribution in [0, 0.1) is 5.92 Å². The SMILES string of the molecule is CC(C)C1CCCCN1C(=O)c1ccc(Br)cc1. The monoisotopic (exact) mass is 309 g/mol. The minimum absolute atomic E-state index is 0.181. The van der Waals surface area contributed by atoms with E-state index >= 15 is 0 Å². The van der Waals surface area contributed by atoms with Crippen LogP contribution in [0.4, 0.5) is 0 Å². The van der Waals surface area contributed by atoms with Gasteiger partial charge in [-0.15, -0.1) is 0 Å². The van der Waals surface area contributed by atoms with Gasteiger partial charge in [-0.05, 0) is 49.4 Å². The third-order valence-corrected chi connectivity index (χ3v) is 4.20. The van der Waals surface area contributed by atoms with Crippen molar-refractivity contribution >= 4 is 21.8 Å². The summed E-state index contributed by atoms with van der Waals surface area (Å²) in [6.45, 7) is 5.31. The van der Waals surface area contributed by atoms with Crippen molar-refractivity contribution in [3.05, 3.63) is 34.3 Å². The largest absolute Gasteiger partial charge is 0.335 e. The first-order chi connectivity index (χ1) is 8.59. The molecule has 0 N–H and O–H groups in total. The summed E-state index contributed by atoms with van der Waals surface area (Å²) in [4.78, 5) is 14.6. The van der Waals surface area contributed by atoms with E-state index in [1.807, 2.05) is 24.3 Å². The molecule has 1 atom stereocenters. The average molecular weight is 310 g/mol. The standard InChI is InChI=1S/C15H20BrNO/c1-11(2)14-5-3-4-10-17(14)15(18)12-6-8-13(16)9-7-12/h6-9,11,14H,3-5,10H2,1-2H3. The van der Waals surface area contributed by atoms with Crippen LogP contribution in [0.3, 0.4) is 0 Å². The summed E-state index contributed by atoms with van der Waals surface area (Å²) in [5.41, 5.74) is 0.797. The number of benzene rings is 1. The van der Waals surface area contributed by atoms with Gasteiger partial charge in [0.15, 0.2) is 0 Å². The predicted octanol–water partition coefficient (Wildman–Crippen LogP) is 4.10. The third-order valence-electron chi connectivity index (χ3n) is 3.67. The van der Waals surface area contributed by atoms with Crippen LogP contribution >= 0.6 is 15.9 Å². The van der Waals surface area contributed by atoms with E-state index < -0.39 is 0 Å². The maximum atomic E-state index is 12.5. The number of hydrogen-bond donors (Lipinski definition) is 0. The summed E-state index contributed by atoms with van der Waals surface area (Å²) in [5, 5.41) is 0. The van der Waals surface area contributed by atoms with Gasteiger partial charge in [0.1, 0.15) is 0 Å². The molecule has 18 heavy (non-hydrogen) atoms. The summed E-state index contributed by atoms with van der Waals surface area (Å²) in [6.07, 6.45) is 3.51. The normalized spacial score (nSPS) is 20.2. The molecule has 98 valence electrons. The average Bonchev–Trinajstić information content (AvgIpc) is 2.39. The highest BCUT2D eigenvalue weighted by Crippen LogP contribution is 2.25. The van der Waals surface area contributed by atoms with E-state index in [1.54, 1.807) is 0 Å². The zero-order valence-electron chi connectivity index (χ0n) is 11.0. The smallest absolute Gasteiger partial charge is 0.254 e. The molecule has 1 aliphatic rings. The lowest BCUT2D eigenvalue weighted by Crippen LogP contribution is -2.46. The molecule has 1 unspecified atom stereocenters. The van der Waals surface area contributed by atoms with Gasteiger partial charge in [0, 0.05) is 22.6 Å². The van der Waals surface area contributed by atoms with Crippen molar-refractivity contribution < 1.29 is 4.79 Å². The molecule has 2 rings (SSSR count). The fourth-order valence-corrected chi connectivity index (χ4v) is 2.93. The van der Waals surface area contributed by atoms with Gasteiger partial charge in [0.25, 0.3) is 5.91 Å². The van der Waals surface area contributed by atoms with Crippen LogP contribution in [0.1, 0.15) is 43.5 Å². The molecule has 1 saturated heterocycles. The Bertz CT molecular complexity index is 413. The molecule has 1 aromatic carbocycles. The number of carbonyl (C=O) groups excluding carboxylic acids is 1. The second kappa shape index (κ2) is 5.87. The lowest BCUT2D eigenvalue weighted by Gasteiger charge is -2.38. The predicted molar refractivity (Wildman–Crippen MR) is 77.7 cm³/mol. The molecule has 0 saturated carbocycles. The molecule has 1 heterocycles. The number of rotatable bonds is 2. The zero-order chi connectivity index (χ0) is 13.1. The van der Waals surface area contributed by atoms with Crippen molar-refractivity contribution in [3.8, 4) is 0 Å². The molecule has 0 bridgehead atoms. The third kappa shape index (κ3) is 2.94. The summed E-state index contributed by atoms with van der Waals surface area (Å²) < 4.78 is 1.01. The Kier molecular flexibility index (Phi) is 4.44. The molecule has 1 fully saturated rings. The molecule has 2 nitrogen and oxygen atoms in total. The van der Waals surface area contributed by atoms with E-state index in [-0.39, 0.29) is 5.91 Å². The van der Waals surface area contributed by atoms with E-state index in [0.29, 0.717) is 12.0 Å². The van der Waals surface area contributed by atoms with Gasteiger partial charge in [-0.25, -0.2) is 0 Å². The number of amides is 1. The molecule has 0 aromatic heterocycles. The van der Waals surface area contributed by atoms with Gasteiger partial charge in [-0.3, -0.25) is 4.79 Å². The van der Waals surface area contributed by atoms with Gasteiger partial charge in [-0.2, -0.15) is 0 Å². The van der Waals surface area contributed by atoms with E-state index in [0.717, 1.165) is 29.4 Å². The van der Waals surface area contributed by atoms with Gasteiger partial charge in [-0.1, -0.05) is 29.8 Å². The van der Waals surface area contributed by atoms with Crippen LogP contribution in [0.2, 0.25) is 0 Å². The molecule has 3 heteroatoms. The first-order valence-electron chi connectivity index (χ1n) is 6.66. The van der Waals surface area contributed by atoms with Crippen molar-refractivity contribution in [2.75, 3.05) is 6.54 Å². The van der Waals surface area contributed by atoms with Crippen molar-refractivity contribution in [3.63, 3.8) is 0 Å². The minimum Gasteiger partial charge on any atom is -0.335 e. The fraction of sp³-hybridized carbons (Fsp3) is 0.533. The van der Waals surface area contributed by atoms with E-state index in [9.17, 15) is 4.79 Å². The van der Waals surface area contributed by atoms with Crippen molar-refractivity contribution in [2.24, 2.45) is 5.92 Å². The fourth-order valence-electron chi connectivity index (χ4n) is 2.66. The van der Waals surface area contributed by atoms with Gasteiger partial charge in [0.05, 0.1) is 0 Å². The zero-order valence-corrected chi connectivity index (χ0v) is 12.6. The molecule has 1 aromatic rings. The van der Waals surface area contributed by atoms with Crippen molar-refractivity contribution in [1.82, 2.24) is 4.90 Å². The first kappa shape index (κ1) is 13.6. The molecule has 1 aliphatic heterocycles. The van der Waals surface area contributed by atoms with Crippen molar-refractivity contribution in [1.29, 1.82) is 0 Å². The molecule has 1 amide bonds. The summed E-state index contributed by atoms with van der Waals surface area (Å²) in [7, 11) is 0. The van der Waals surface area contributed by atoms with E-state index in [4.69, 9.17) is 0 Å². The topological polar surface area (TPSA) is 20.3 Å². The number of nitrogens with zero attached hydrogens (tertiary/aromatic N) is 1. The number of likely N-dealkylation sites (tertiary alicyclic amines) is 1. The Morgan fingerprint density at radius 1 is 1.28 bits per heavy atom. The quantitative estimate of drug-likeness (QED) is 0.805. The van der Waals surface area contributed by atoms with Gasteiger partial charge < -0.3 is 4.90 Å². The highest BCUT2D eigenvalue weighted by Gasteiger charge is 2.29. The number of piperidine rings is 1. The highest BCUT2D eigenvalue weighted by atomic mass is 79.9. The molecule has 0 spiro atoms. The van der Waals surface area contributed by atoms with Crippen LogP contribution in [-0.4, -0.2) is 23.4 Å². The lowest BCUT2D eigenvalue weighted by molar-refractivity contribution is 0.0543. The van der Waals surface area contributed by atoms with Crippen LogP contribution in [-0.2, 0) is 0 Å². The summed E-state index contributed by atoms with van der Waals surface area (Å²) in [5.74, 6) is 0.714. The van der Waals surface area contributed by atoms with Crippen molar-refractivity contribution in [2.45, 2.75) is 39.2 Å². The summed E-state index contributed by atoms with van der Waals surface area (Å²) in [6, 6.07) is 8.06. The lowest BCUT2D eigenvalue weighted by atomic mass is 9.92. The Labute approximate surface area is 117 Å². The van der Waals surface area contributed by atoms with Crippen LogP contribution in [0.25, 0.3) is 0 Å². The number of hydrogen-bond acceptors (Lipinski definition) is 1.